The molecule has 0 saturated heterocycles. The summed E-state index contributed by atoms with van der Waals surface area (Å²) in [5.74, 6) is 1.28. The first-order chi connectivity index (χ1) is 8.08. The molecule has 88 valence electrons. The van der Waals surface area contributed by atoms with Crippen LogP contribution in [0.1, 0.15) is 17.0 Å². The Morgan fingerprint density at radius 1 is 1.06 bits per heavy atom. The molecule has 1 aromatic heterocycles. The maximum Gasteiger partial charge on any atom is 0.131 e. The van der Waals surface area contributed by atoms with E-state index in [0.717, 1.165) is 10.6 Å². The zero-order chi connectivity index (χ0) is 12.4. The van der Waals surface area contributed by atoms with Crippen LogP contribution in [0.4, 0.5) is 5.82 Å². The van der Waals surface area contributed by atoms with Gasteiger partial charge in [-0.2, -0.15) is 0 Å². The van der Waals surface area contributed by atoms with Crippen LogP contribution in [0.15, 0.2) is 34.2 Å². The van der Waals surface area contributed by atoms with Crippen molar-refractivity contribution >= 4 is 17.6 Å². The molecule has 0 fully saturated rings. The van der Waals surface area contributed by atoms with Crippen molar-refractivity contribution in [2.75, 3.05) is 5.73 Å². The highest BCUT2D eigenvalue weighted by molar-refractivity contribution is 7.99. The van der Waals surface area contributed by atoms with E-state index in [-0.39, 0.29) is 0 Å². The van der Waals surface area contributed by atoms with Gasteiger partial charge in [0.1, 0.15) is 16.7 Å². The van der Waals surface area contributed by atoms with Crippen LogP contribution in [-0.2, 0) is 0 Å². The van der Waals surface area contributed by atoms with Crippen molar-refractivity contribution in [3.63, 3.8) is 0 Å². The zero-order valence-corrected chi connectivity index (χ0v) is 11.0. The molecule has 0 aliphatic carbocycles. The maximum atomic E-state index is 5.85. The summed E-state index contributed by atoms with van der Waals surface area (Å²) in [5.41, 5.74) is 8.04. The fraction of sp³-hybridized carbons (Fsp3) is 0.231. The van der Waals surface area contributed by atoms with E-state index in [0.29, 0.717) is 11.6 Å². The number of benzene rings is 1. The molecular formula is C13H15N3S. The Labute approximate surface area is 105 Å². The van der Waals surface area contributed by atoms with E-state index in [4.69, 9.17) is 5.73 Å². The molecule has 17 heavy (non-hydrogen) atoms. The normalized spacial score (nSPS) is 10.5. The first-order valence-corrected chi connectivity index (χ1v) is 6.24. The van der Waals surface area contributed by atoms with Crippen molar-refractivity contribution in [2.45, 2.75) is 30.7 Å². The first kappa shape index (κ1) is 11.9. The number of nitrogens with two attached hydrogens (primary N) is 1. The van der Waals surface area contributed by atoms with Gasteiger partial charge in [0.15, 0.2) is 0 Å². The molecule has 3 nitrogen and oxygen atoms in total. The lowest BCUT2D eigenvalue weighted by atomic mass is 10.2. The second-order valence-corrected chi connectivity index (χ2v) is 4.98. The molecule has 0 atom stereocenters. The highest BCUT2D eigenvalue weighted by Crippen LogP contribution is 2.32. The number of nitrogen functional groups attached to an aromatic ring is 1. The monoisotopic (exact) mass is 245 g/mol. The topological polar surface area (TPSA) is 51.8 Å². The van der Waals surface area contributed by atoms with Crippen molar-refractivity contribution in [1.29, 1.82) is 0 Å². The Morgan fingerprint density at radius 2 is 1.76 bits per heavy atom. The molecule has 1 aromatic carbocycles. The van der Waals surface area contributed by atoms with Crippen LogP contribution in [0.2, 0.25) is 0 Å². The fourth-order valence-corrected chi connectivity index (χ4v) is 2.52. The Bertz CT molecular complexity index is 552. The third-order valence-corrected chi connectivity index (χ3v) is 3.82. The number of nitrogens with zero attached hydrogens (tertiary/aromatic N) is 2. The molecule has 2 aromatic rings. The van der Waals surface area contributed by atoms with Crippen molar-refractivity contribution in [3.05, 3.63) is 41.2 Å². The van der Waals surface area contributed by atoms with Crippen molar-refractivity contribution in [1.82, 2.24) is 9.97 Å². The Hall–Kier alpha value is -1.55. The minimum absolute atomic E-state index is 0.564. The molecule has 0 spiro atoms. The lowest BCUT2D eigenvalue weighted by Crippen LogP contribution is -2.01. The minimum atomic E-state index is 0.564. The van der Waals surface area contributed by atoms with Crippen LogP contribution in [0, 0.1) is 20.8 Å². The standard InChI is InChI=1S/C13H15N3S/c1-8-6-4-5-7-11(8)17-13-9(2)12(14)15-10(3)16-13/h4-7H,1-3H3,(H2,14,15,16). The smallest absolute Gasteiger partial charge is 0.131 e. The SMILES string of the molecule is Cc1nc(N)c(C)c(Sc2ccccc2C)n1. The lowest BCUT2D eigenvalue weighted by molar-refractivity contribution is 0.946. The second-order valence-electron chi connectivity index (χ2n) is 3.95. The van der Waals surface area contributed by atoms with Crippen LogP contribution >= 0.6 is 11.8 Å². The van der Waals surface area contributed by atoms with Gasteiger partial charge in [-0.3, -0.25) is 0 Å². The van der Waals surface area contributed by atoms with E-state index in [1.54, 1.807) is 11.8 Å². The summed E-state index contributed by atoms with van der Waals surface area (Å²) >= 11 is 1.64. The van der Waals surface area contributed by atoms with Crippen LogP contribution in [-0.4, -0.2) is 9.97 Å². The van der Waals surface area contributed by atoms with E-state index in [2.05, 4.69) is 29.0 Å². The largest absolute Gasteiger partial charge is 0.383 e. The van der Waals surface area contributed by atoms with Gasteiger partial charge in [0.25, 0.3) is 0 Å². The molecule has 0 amide bonds. The summed E-state index contributed by atoms with van der Waals surface area (Å²) in [5, 5.41) is 0.935. The Kier molecular flexibility index (Phi) is 3.33. The van der Waals surface area contributed by atoms with E-state index in [1.807, 2.05) is 26.0 Å². The van der Waals surface area contributed by atoms with Gasteiger partial charge in [0.2, 0.25) is 0 Å². The van der Waals surface area contributed by atoms with E-state index >= 15 is 0 Å². The molecule has 0 aliphatic rings. The Morgan fingerprint density at radius 3 is 2.47 bits per heavy atom. The molecular weight excluding hydrogens is 230 g/mol. The number of rotatable bonds is 2. The van der Waals surface area contributed by atoms with Crippen LogP contribution in [0.25, 0.3) is 0 Å². The number of anilines is 1. The zero-order valence-electron chi connectivity index (χ0n) is 10.2. The third kappa shape index (κ3) is 2.58. The maximum absolute atomic E-state index is 5.85. The molecule has 0 unspecified atom stereocenters. The number of aromatic nitrogens is 2. The summed E-state index contributed by atoms with van der Waals surface area (Å²) in [6, 6.07) is 8.25. The first-order valence-electron chi connectivity index (χ1n) is 5.42. The van der Waals surface area contributed by atoms with Crippen molar-refractivity contribution in [3.8, 4) is 0 Å². The van der Waals surface area contributed by atoms with Gasteiger partial charge in [-0.1, -0.05) is 30.0 Å². The molecule has 4 heteroatoms. The van der Waals surface area contributed by atoms with E-state index < -0.39 is 0 Å². The minimum Gasteiger partial charge on any atom is -0.383 e. The molecule has 0 aliphatic heterocycles. The fourth-order valence-electron chi connectivity index (χ4n) is 1.50. The number of hydrogen-bond acceptors (Lipinski definition) is 4. The van der Waals surface area contributed by atoms with E-state index in [1.165, 1.54) is 10.5 Å². The highest BCUT2D eigenvalue weighted by atomic mass is 32.2. The highest BCUT2D eigenvalue weighted by Gasteiger charge is 2.09. The van der Waals surface area contributed by atoms with Crippen LogP contribution < -0.4 is 5.73 Å². The predicted octanol–water partition coefficient (Wildman–Crippen LogP) is 3.14. The summed E-state index contributed by atoms with van der Waals surface area (Å²) in [7, 11) is 0. The lowest BCUT2D eigenvalue weighted by Gasteiger charge is -2.09. The predicted molar refractivity (Wildman–Crippen MR) is 71.2 cm³/mol. The quantitative estimate of drug-likeness (QED) is 0.826. The summed E-state index contributed by atoms with van der Waals surface area (Å²) in [6.07, 6.45) is 0. The number of aryl methyl sites for hydroxylation is 2. The van der Waals surface area contributed by atoms with Crippen LogP contribution in [0.5, 0.6) is 0 Å². The van der Waals surface area contributed by atoms with E-state index in [9.17, 15) is 0 Å². The third-order valence-electron chi connectivity index (χ3n) is 2.55. The van der Waals surface area contributed by atoms with Gasteiger partial charge >= 0.3 is 0 Å². The van der Waals surface area contributed by atoms with Gasteiger partial charge in [-0.05, 0) is 32.4 Å². The molecule has 2 N–H and O–H groups in total. The van der Waals surface area contributed by atoms with Gasteiger partial charge in [0.05, 0.1) is 0 Å². The van der Waals surface area contributed by atoms with Crippen molar-refractivity contribution in [2.24, 2.45) is 0 Å². The van der Waals surface area contributed by atoms with Gasteiger partial charge in [-0.15, -0.1) is 0 Å². The summed E-state index contributed by atoms with van der Waals surface area (Å²) < 4.78 is 0. The van der Waals surface area contributed by atoms with Gasteiger partial charge in [-0.25, -0.2) is 9.97 Å². The molecule has 0 bridgehead atoms. The van der Waals surface area contributed by atoms with Crippen molar-refractivity contribution < 1.29 is 0 Å². The van der Waals surface area contributed by atoms with Gasteiger partial charge < -0.3 is 5.73 Å². The Balaban J connectivity index is 2.40. The van der Waals surface area contributed by atoms with Crippen LogP contribution in [0.3, 0.4) is 0 Å². The average molecular weight is 245 g/mol. The average Bonchev–Trinajstić information content (AvgIpc) is 2.28. The van der Waals surface area contributed by atoms with Gasteiger partial charge in [0, 0.05) is 10.5 Å². The second kappa shape index (κ2) is 4.75. The molecule has 2 rings (SSSR count). The molecule has 0 saturated carbocycles. The summed E-state index contributed by atoms with van der Waals surface area (Å²) in [4.78, 5) is 9.79. The molecule has 0 radical (unpaired) electrons. The number of hydrogen-bond donors (Lipinski definition) is 1. The summed E-state index contributed by atoms with van der Waals surface area (Å²) in [6.45, 7) is 5.90. The molecule has 1 heterocycles.